The Morgan fingerprint density at radius 2 is 2.09 bits per heavy atom. The second kappa shape index (κ2) is 7.34. The van der Waals surface area contributed by atoms with Crippen LogP contribution in [0.25, 0.3) is 0 Å². The summed E-state index contributed by atoms with van der Waals surface area (Å²) in [6.45, 7) is 1.38. The van der Waals surface area contributed by atoms with Crippen LogP contribution in [0, 0.1) is 5.92 Å². The molecule has 2 heterocycles. The van der Waals surface area contributed by atoms with Gasteiger partial charge in [-0.3, -0.25) is 0 Å². The zero-order chi connectivity index (χ0) is 16.2. The first-order valence-electron chi connectivity index (χ1n) is 8.86. The summed E-state index contributed by atoms with van der Waals surface area (Å²) in [5.74, 6) is 0.742. The van der Waals surface area contributed by atoms with Gasteiger partial charge in [-0.05, 0) is 25.7 Å². The third kappa shape index (κ3) is 3.86. The van der Waals surface area contributed by atoms with Gasteiger partial charge < -0.3 is 19.9 Å². The first kappa shape index (κ1) is 16.3. The molecule has 0 radical (unpaired) electrons. The number of aromatic nitrogens is 2. The second-order valence-electron chi connectivity index (χ2n) is 6.97. The van der Waals surface area contributed by atoms with Gasteiger partial charge in [0.15, 0.2) is 0 Å². The van der Waals surface area contributed by atoms with Crippen molar-refractivity contribution in [2.75, 3.05) is 13.1 Å². The Hall–Kier alpha value is -1.56. The summed E-state index contributed by atoms with van der Waals surface area (Å²) in [7, 11) is 1.89. The zero-order valence-electron chi connectivity index (χ0n) is 13.9. The number of carbonyl (C=O) groups excluding carboxylic acids is 1. The van der Waals surface area contributed by atoms with E-state index >= 15 is 0 Å². The van der Waals surface area contributed by atoms with Gasteiger partial charge in [-0.2, -0.15) is 0 Å². The molecule has 2 fully saturated rings. The Labute approximate surface area is 137 Å². The van der Waals surface area contributed by atoms with Crippen LogP contribution in [-0.2, 0) is 7.05 Å². The first-order chi connectivity index (χ1) is 11.1. The SMILES string of the molecule is Cn1ccnc1C(O)C1CCCN(C(=O)NC2CCCCC2)C1. The molecule has 2 unspecified atom stereocenters. The van der Waals surface area contributed by atoms with E-state index in [9.17, 15) is 9.90 Å². The van der Waals surface area contributed by atoms with Crippen LogP contribution < -0.4 is 5.32 Å². The van der Waals surface area contributed by atoms with E-state index in [4.69, 9.17) is 0 Å². The normalized spacial score (nSPS) is 24.4. The summed E-state index contributed by atoms with van der Waals surface area (Å²) in [5, 5.41) is 13.8. The number of aryl methyl sites for hydroxylation is 1. The average molecular weight is 320 g/mol. The van der Waals surface area contributed by atoms with Crippen molar-refractivity contribution < 1.29 is 9.90 Å². The fourth-order valence-corrected chi connectivity index (χ4v) is 3.84. The molecule has 6 heteroatoms. The molecular weight excluding hydrogens is 292 g/mol. The lowest BCUT2D eigenvalue weighted by molar-refractivity contribution is 0.0526. The quantitative estimate of drug-likeness (QED) is 0.897. The molecule has 1 saturated carbocycles. The molecule has 2 N–H and O–H groups in total. The van der Waals surface area contributed by atoms with Gasteiger partial charge in [0.1, 0.15) is 11.9 Å². The summed E-state index contributed by atoms with van der Waals surface area (Å²) in [5.41, 5.74) is 0. The van der Waals surface area contributed by atoms with Crippen molar-refractivity contribution in [3.63, 3.8) is 0 Å². The van der Waals surface area contributed by atoms with Gasteiger partial charge in [0.25, 0.3) is 0 Å². The molecule has 1 aromatic heterocycles. The van der Waals surface area contributed by atoms with E-state index < -0.39 is 6.10 Å². The lowest BCUT2D eigenvalue weighted by Gasteiger charge is -2.36. The number of nitrogens with one attached hydrogen (secondary N) is 1. The molecule has 1 aromatic rings. The van der Waals surface area contributed by atoms with E-state index in [2.05, 4.69) is 10.3 Å². The third-order valence-corrected chi connectivity index (χ3v) is 5.25. The van der Waals surface area contributed by atoms with Gasteiger partial charge in [0.2, 0.25) is 0 Å². The van der Waals surface area contributed by atoms with Gasteiger partial charge >= 0.3 is 6.03 Å². The predicted molar refractivity (Wildman–Crippen MR) is 87.9 cm³/mol. The number of carbonyl (C=O) groups is 1. The molecular formula is C17H28N4O2. The van der Waals surface area contributed by atoms with Crippen molar-refractivity contribution in [1.82, 2.24) is 19.8 Å². The number of amides is 2. The summed E-state index contributed by atoms with van der Waals surface area (Å²) in [6.07, 6.45) is 10.7. The maximum Gasteiger partial charge on any atom is 0.317 e. The van der Waals surface area contributed by atoms with Gasteiger partial charge in [-0.15, -0.1) is 0 Å². The minimum absolute atomic E-state index is 0.0358. The topological polar surface area (TPSA) is 70.4 Å². The van der Waals surface area contributed by atoms with Crippen molar-refractivity contribution >= 4 is 6.03 Å². The highest BCUT2D eigenvalue weighted by Crippen LogP contribution is 2.29. The second-order valence-corrected chi connectivity index (χ2v) is 6.97. The van der Waals surface area contributed by atoms with Crippen LogP contribution in [-0.4, -0.2) is 44.7 Å². The van der Waals surface area contributed by atoms with Crippen LogP contribution in [0.15, 0.2) is 12.4 Å². The molecule has 3 rings (SSSR count). The maximum absolute atomic E-state index is 12.5. The van der Waals surface area contributed by atoms with Crippen LogP contribution in [0.4, 0.5) is 4.79 Å². The molecule has 23 heavy (non-hydrogen) atoms. The molecule has 0 spiro atoms. The molecule has 2 aliphatic rings. The number of aliphatic hydroxyl groups excluding tert-OH is 1. The van der Waals surface area contributed by atoms with Gasteiger partial charge in [-0.25, -0.2) is 9.78 Å². The van der Waals surface area contributed by atoms with Crippen LogP contribution in [0.5, 0.6) is 0 Å². The number of nitrogens with zero attached hydrogens (tertiary/aromatic N) is 3. The molecule has 1 saturated heterocycles. The molecule has 0 bridgehead atoms. The minimum Gasteiger partial charge on any atom is -0.385 e. The smallest absolute Gasteiger partial charge is 0.317 e. The molecule has 2 amide bonds. The Balaban J connectivity index is 1.57. The van der Waals surface area contributed by atoms with Crippen molar-refractivity contribution in [3.05, 3.63) is 18.2 Å². The van der Waals surface area contributed by atoms with Gasteiger partial charge in [0.05, 0.1) is 0 Å². The Kier molecular flexibility index (Phi) is 5.20. The summed E-state index contributed by atoms with van der Waals surface area (Å²) >= 11 is 0. The number of urea groups is 1. The largest absolute Gasteiger partial charge is 0.385 e. The van der Waals surface area contributed by atoms with E-state index in [0.29, 0.717) is 18.4 Å². The fourth-order valence-electron chi connectivity index (χ4n) is 3.84. The van der Waals surface area contributed by atoms with Crippen LogP contribution in [0.1, 0.15) is 56.9 Å². The summed E-state index contributed by atoms with van der Waals surface area (Å²) in [6, 6.07) is 0.365. The van der Waals surface area contributed by atoms with E-state index in [0.717, 1.165) is 32.2 Å². The summed E-state index contributed by atoms with van der Waals surface area (Å²) < 4.78 is 1.85. The van der Waals surface area contributed by atoms with E-state index in [1.54, 1.807) is 6.20 Å². The molecule has 1 aliphatic heterocycles. The maximum atomic E-state index is 12.5. The highest BCUT2D eigenvalue weighted by atomic mass is 16.3. The zero-order valence-corrected chi connectivity index (χ0v) is 13.9. The molecule has 2 atom stereocenters. The molecule has 128 valence electrons. The van der Waals surface area contributed by atoms with E-state index in [1.165, 1.54) is 19.3 Å². The van der Waals surface area contributed by atoms with Crippen LogP contribution >= 0.6 is 0 Å². The summed E-state index contributed by atoms with van der Waals surface area (Å²) in [4.78, 5) is 18.6. The number of aliphatic hydroxyl groups is 1. The molecule has 0 aromatic carbocycles. The number of hydrogen-bond donors (Lipinski definition) is 2. The fraction of sp³-hybridized carbons (Fsp3) is 0.765. The minimum atomic E-state index is -0.611. The highest BCUT2D eigenvalue weighted by molar-refractivity contribution is 5.74. The van der Waals surface area contributed by atoms with Crippen molar-refractivity contribution in [3.8, 4) is 0 Å². The van der Waals surface area contributed by atoms with Crippen molar-refractivity contribution in [1.29, 1.82) is 0 Å². The Morgan fingerprint density at radius 3 is 2.78 bits per heavy atom. The number of rotatable bonds is 3. The molecule has 6 nitrogen and oxygen atoms in total. The van der Waals surface area contributed by atoms with Gasteiger partial charge in [0, 0.05) is 44.5 Å². The lowest BCUT2D eigenvalue weighted by Crippen LogP contribution is -2.49. The lowest BCUT2D eigenvalue weighted by atomic mass is 9.92. The number of imidazole rings is 1. The third-order valence-electron chi connectivity index (χ3n) is 5.25. The Morgan fingerprint density at radius 1 is 1.30 bits per heavy atom. The van der Waals surface area contributed by atoms with E-state index in [1.807, 2.05) is 22.7 Å². The van der Waals surface area contributed by atoms with Crippen LogP contribution in [0.3, 0.4) is 0 Å². The Bertz CT molecular complexity index is 524. The van der Waals surface area contributed by atoms with Crippen molar-refractivity contribution in [2.45, 2.75) is 57.1 Å². The monoisotopic (exact) mass is 320 g/mol. The standard InChI is InChI=1S/C17H28N4O2/c1-20-11-9-18-16(20)15(22)13-6-5-10-21(12-13)17(23)19-14-7-3-2-4-8-14/h9,11,13-15,22H,2-8,10,12H2,1H3,(H,19,23). The first-order valence-corrected chi connectivity index (χ1v) is 8.86. The molecule has 1 aliphatic carbocycles. The predicted octanol–water partition coefficient (Wildman–Crippen LogP) is 2.21. The average Bonchev–Trinajstić information content (AvgIpc) is 3.01. The number of likely N-dealkylation sites (tertiary alicyclic amines) is 1. The van der Waals surface area contributed by atoms with Crippen molar-refractivity contribution in [2.24, 2.45) is 13.0 Å². The number of hydrogen-bond acceptors (Lipinski definition) is 3. The van der Waals surface area contributed by atoms with Crippen LogP contribution in [0.2, 0.25) is 0 Å². The van der Waals surface area contributed by atoms with E-state index in [-0.39, 0.29) is 11.9 Å². The van der Waals surface area contributed by atoms with Gasteiger partial charge in [-0.1, -0.05) is 19.3 Å². The number of piperidine rings is 1. The highest BCUT2D eigenvalue weighted by Gasteiger charge is 2.31.